The highest BCUT2D eigenvalue weighted by Gasteiger charge is 2.14. The van der Waals surface area contributed by atoms with E-state index in [1.807, 2.05) is 24.3 Å². The zero-order valence-corrected chi connectivity index (χ0v) is 11.1. The predicted molar refractivity (Wildman–Crippen MR) is 74.2 cm³/mol. The maximum Gasteiger partial charge on any atom is 0.127 e. The standard InChI is InChI=1S/C14H22N2O2/c1-4-5-8-16-13(10-15)12-7-6-11(17-2)9-14(12)18-3/h4,6-7,9,13,16H,1,5,8,10,15H2,2-3H3. The molecule has 0 aliphatic carbocycles. The Balaban J connectivity index is 2.86. The quantitative estimate of drug-likeness (QED) is 0.546. The van der Waals surface area contributed by atoms with Gasteiger partial charge in [-0.2, -0.15) is 0 Å². The highest BCUT2D eigenvalue weighted by atomic mass is 16.5. The fourth-order valence-electron chi connectivity index (χ4n) is 1.79. The number of hydrogen-bond acceptors (Lipinski definition) is 4. The van der Waals surface area contributed by atoms with Gasteiger partial charge in [0.2, 0.25) is 0 Å². The average Bonchev–Trinajstić information content (AvgIpc) is 2.43. The van der Waals surface area contributed by atoms with Gasteiger partial charge >= 0.3 is 0 Å². The number of nitrogens with two attached hydrogens (primary N) is 1. The molecule has 1 rings (SSSR count). The highest BCUT2D eigenvalue weighted by Crippen LogP contribution is 2.29. The van der Waals surface area contributed by atoms with Gasteiger partial charge < -0.3 is 20.5 Å². The maximum absolute atomic E-state index is 5.81. The molecule has 4 heteroatoms. The normalized spacial score (nSPS) is 11.9. The van der Waals surface area contributed by atoms with Crippen molar-refractivity contribution in [2.24, 2.45) is 5.73 Å². The molecule has 18 heavy (non-hydrogen) atoms. The van der Waals surface area contributed by atoms with Crippen molar-refractivity contribution in [2.75, 3.05) is 27.3 Å². The van der Waals surface area contributed by atoms with Crippen LogP contribution in [-0.4, -0.2) is 27.3 Å². The first kappa shape index (κ1) is 14.5. The summed E-state index contributed by atoms with van der Waals surface area (Å²) >= 11 is 0. The SMILES string of the molecule is C=CCCNC(CN)c1ccc(OC)cc1OC. The van der Waals surface area contributed by atoms with Crippen LogP contribution in [0.1, 0.15) is 18.0 Å². The van der Waals surface area contributed by atoms with Crippen LogP contribution in [0.5, 0.6) is 11.5 Å². The third-order valence-corrected chi connectivity index (χ3v) is 2.79. The number of benzene rings is 1. The fourth-order valence-corrected chi connectivity index (χ4v) is 1.79. The molecule has 100 valence electrons. The van der Waals surface area contributed by atoms with Crippen molar-refractivity contribution in [3.05, 3.63) is 36.4 Å². The lowest BCUT2D eigenvalue weighted by Gasteiger charge is -2.20. The van der Waals surface area contributed by atoms with E-state index in [1.54, 1.807) is 14.2 Å². The van der Waals surface area contributed by atoms with Crippen LogP contribution in [-0.2, 0) is 0 Å². The van der Waals surface area contributed by atoms with Crippen LogP contribution in [0.4, 0.5) is 0 Å². The zero-order valence-electron chi connectivity index (χ0n) is 11.1. The smallest absolute Gasteiger partial charge is 0.127 e. The van der Waals surface area contributed by atoms with Gasteiger partial charge in [0, 0.05) is 24.2 Å². The molecule has 3 N–H and O–H groups in total. The Bertz CT molecular complexity index is 380. The molecule has 1 aromatic carbocycles. The van der Waals surface area contributed by atoms with Gasteiger partial charge in [-0.15, -0.1) is 6.58 Å². The van der Waals surface area contributed by atoms with Crippen LogP contribution in [0.2, 0.25) is 0 Å². The van der Waals surface area contributed by atoms with E-state index in [0.29, 0.717) is 6.54 Å². The van der Waals surface area contributed by atoms with Crippen LogP contribution in [0, 0.1) is 0 Å². The molecule has 0 fully saturated rings. The Morgan fingerprint density at radius 1 is 1.39 bits per heavy atom. The summed E-state index contributed by atoms with van der Waals surface area (Å²) in [5.41, 5.74) is 6.85. The number of methoxy groups -OCH3 is 2. The lowest BCUT2D eigenvalue weighted by molar-refractivity contribution is 0.384. The van der Waals surface area contributed by atoms with Crippen molar-refractivity contribution in [3.8, 4) is 11.5 Å². The molecule has 0 spiro atoms. The molecule has 0 aromatic heterocycles. The van der Waals surface area contributed by atoms with Crippen molar-refractivity contribution in [1.82, 2.24) is 5.32 Å². The van der Waals surface area contributed by atoms with Gasteiger partial charge in [-0.1, -0.05) is 12.1 Å². The molecule has 0 bridgehead atoms. The van der Waals surface area contributed by atoms with Gasteiger partial charge in [-0.25, -0.2) is 0 Å². The summed E-state index contributed by atoms with van der Waals surface area (Å²) < 4.78 is 10.6. The number of hydrogen-bond donors (Lipinski definition) is 2. The molecule has 0 aliphatic rings. The molecule has 0 saturated heterocycles. The van der Waals surface area contributed by atoms with E-state index in [2.05, 4.69) is 11.9 Å². The van der Waals surface area contributed by atoms with Crippen LogP contribution in [0.3, 0.4) is 0 Å². The van der Waals surface area contributed by atoms with Gasteiger partial charge in [0.25, 0.3) is 0 Å². The Kier molecular flexibility index (Phi) is 6.25. The summed E-state index contributed by atoms with van der Waals surface area (Å²) in [6.07, 6.45) is 2.79. The first-order chi connectivity index (χ1) is 8.76. The van der Waals surface area contributed by atoms with Gasteiger partial charge in [-0.3, -0.25) is 0 Å². The molecule has 0 radical (unpaired) electrons. The number of rotatable bonds is 8. The molecule has 4 nitrogen and oxygen atoms in total. The molecule has 1 unspecified atom stereocenters. The number of ether oxygens (including phenoxy) is 2. The maximum atomic E-state index is 5.81. The topological polar surface area (TPSA) is 56.5 Å². The van der Waals surface area contributed by atoms with E-state index in [1.165, 1.54) is 0 Å². The molecule has 0 amide bonds. The lowest BCUT2D eigenvalue weighted by atomic mass is 10.1. The van der Waals surface area contributed by atoms with Gasteiger partial charge in [-0.05, 0) is 19.0 Å². The molecule has 0 aliphatic heterocycles. The molecule has 1 atom stereocenters. The Labute approximate surface area is 109 Å². The predicted octanol–water partition coefficient (Wildman–Crippen LogP) is 1.87. The van der Waals surface area contributed by atoms with Crippen LogP contribution in [0.15, 0.2) is 30.9 Å². The Morgan fingerprint density at radius 3 is 2.72 bits per heavy atom. The minimum atomic E-state index is 0.0748. The minimum absolute atomic E-state index is 0.0748. The second-order valence-corrected chi connectivity index (χ2v) is 3.93. The molecular formula is C14H22N2O2. The fraction of sp³-hybridized carbons (Fsp3) is 0.429. The largest absolute Gasteiger partial charge is 0.497 e. The van der Waals surface area contributed by atoms with Gasteiger partial charge in [0.05, 0.1) is 14.2 Å². The second kappa shape index (κ2) is 7.74. The summed E-state index contributed by atoms with van der Waals surface area (Å²) in [5.74, 6) is 1.56. The molecule has 0 saturated carbocycles. The minimum Gasteiger partial charge on any atom is -0.497 e. The van der Waals surface area contributed by atoms with E-state index in [-0.39, 0.29) is 6.04 Å². The summed E-state index contributed by atoms with van der Waals surface area (Å²) in [7, 11) is 3.28. The first-order valence-corrected chi connectivity index (χ1v) is 6.03. The van der Waals surface area contributed by atoms with E-state index < -0.39 is 0 Å². The summed E-state index contributed by atoms with van der Waals surface area (Å²) in [4.78, 5) is 0. The lowest BCUT2D eigenvalue weighted by Crippen LogP contribution is -2.29. The third-order valence-electron chi connectivity index (χ3n) is 2.79. The molecular weight excluding hydrogens is 228 g/mol. The monoisotopic (exact) mass is 250 g/mol. The van der Waals surface area contributed by atoms with Crippen molar-refractivity contribution >= 4 is 0 Å². The Hall–Kier alpha value is -1.52. The Morgan fingerprint density at radius 2 is 2.17 bits per heavy atom. The van der Waals surface area contributed by atoms with Crippen molar-refractivity contribution in [2.45, 2.75) is 12.5 Å². The number of nitrogens with one attached hydrogen (secondary N) is 1. The van der Waals surface area contributed by atoms with Crippen LogP contribution < -0.4 is 20.5 Å². The summed E-state index contributed by atoms with van der Waals surface area (Å²) in [6.45, 7) is 5.06. The van der Waals surface area contributed by atoms with E-state index in [0.717, 1.165) is 30.0 Å². The third kappa shape index (κ3) is 3.75. The van der Waals surface area contributed by atoms with E-state index in [4.69, 9.17) is 15.2 Å². The zero-order chi connectivity index (χ0) is 13.4. The van der Waals surface area contributed by atoms with Crippen LogP contribution in [0.25, 0.3) is 0 Å². The summed E-state index contributed by atoms with van der Waals surface area (Å²) in [5, 5.41) is 3.38. The van der Waals surface area contributed by atoms with Crippen molar-refractivity contribution in [3.63, 3.8) is 0 Å². The van der Waals surface area contributed by atoms with E-state index >= 15 is 0 Å². The highest BCUT2D eigenvalue weighted by molar-refractivity contribution is 5.42. The van der Waals surface area contributed by atoms with Crippen molar-refractivity contribution < 1.29 is 9.47 Å². The van der Waals surface area contributed by atoms with Gasteiger partial charge in [0.1, 0.15) is 11.5 Å². The van der Waals surface area contributed by atoms with Crippen LogP contribution >= 0.6 is 0 Å². The van der Waals surface area contributed by atoms with Gasteiger partial charge in [0.15, 0.2) is 0 Å². The molecule has 1 aromatic rings. The first-order valence-electron chi connectivity index (χ1n) is 6.03. The average molecular weight is 250 g/mol. The molecule has 0 heterocycles. The van der Waals surface area contributed by atoms with E-state index in [9.17, 15) is 0 Å². The second-order valence-electron chi connectivity index (χ2n) is 3.93. The summed E-state index contributed by atoms with van der Waals surface area (Å²) in [6, 6.07) is 5.84. The van der Waals surface area contributed by atoms with Crippen molar-refractivity contribution in [1.29, 1.82) is 0 Å².